The van der Waals surface area contributed by atoms with Gasteiger partial charge in [0.05, 0.1) is 6.10 Å². The topological polar surface area (TPSA) is 69.6 Å². The second-order valence-corrected chi connectivity index (χ2v) is 3.98. The molecule has 78 valence electrons. The number of carbonyl (C=O) groups is 1. The van der Waals surface area contributed by atoms with E-state index in [9.17, 15) is 4.79 Å². The Labute approximate surface area is 86.2 Å². The number of aliphatic hydroxyl groups is 1. The number of rotatable bonds is 5. The van der Waals surface area contributed by atoms with E-state index in [0.717, 1.165) is 5.56 Å². The van der Waals surface area contributed by atoms with Gasteiger partial charge < -0.3 is 15.5 Å². The third-order valence-corrected chi connectivity index (χ3v) is 2.64. The highest BCUT2D eigenvalue weighted by atomic mass is 32.1. The highest BCUT2D eigenvalue weighted by molar-refractivity contribution is 7.12. The highest BCUT2D eigenvalue weighted by Crippen LogP contribution is 2.16. The molecule has 1 unspecified atom stereocenters. The monoisotopic (exact) mass is 215 g/mol. The van der Waals surface area contributed by atoms with Crippen LogP contribution in [0.2, 0.25) is 0 Å². The molecule has 1 heterocycles. The lowest BCUT2D eigenvalue weighted by molar-refractivity contribution is 0.0701. The van der Waals surface area contributed by atoms with Crippen molar-refractivity contribution in [3.05, 3.63) is 21.9 Å². The molecular formula is C9H13NO3S. The fourth-order valence-corrected chi connectivity index (χ4v) is 1.84. The summed E-state index contributed by atoms with van der Waals surface area (Å²) in [7, 11) is 0. The van der Waals surface area contributed by atoms with Crippen LogP contribution < -0.4 is 5.32 Å². The Hall–Kier alpha value is -0.910. The lowest BCUT2D eigenvalue weighted by Gasteiger charge is -2.05. The molecule has 0 spiro atoms. The maximum absolute atomic E-state index is 10.7. The molecule has 0 aliphatic rings. The zero-order chi connectivity index (χ0) is 10.6. The average molecular weight is 215 g/mol. The van der Waals surface area contributed by atoms with Crippen molar-refractivity contribution in [1.82, 2.24) is 5.32 Å². The van der Waals surface area contributed by atoms with Gasteiger partial charge >= 0.3 is 5.97 Å². The summed E-state index contributed by atoms with van der Waals surface area (Å²) in [5, 5.41) is 22.5. The van der Waals surface area contributed by atoms with Crippen LogP contribution in [0.15, 0.2) is 11.4 Å². The predicted octanol–water partition coefficient (Wildman–Crippen LogP) is 0.917. The molecule has 1 aromatic rings. The third-order valence-electron chi connectivity index (χ3n) is 1.70. The van der Waals surface area contributed by atoms with Gasteiger partial charge in [-0.2, -0.15) is 0 Å². The summed E-state index contributed by atoms with van der Waals surface area (Å²) < 4.78 is 0. The van der Waals surface area contributed by atoms with Crippen LogP contribution in [0.3, 0.4) is 0 Å². The van der Waals surface area contributed by atoms with E-state index in [1.54, 1.807) is 18.4 Å². The molecule has 0 aliphatic heterocycles. The summed E-state index contributed by atoms with van der Waals surface area (Å²) >= 11 is 1.21. The first-order valence-corrected chi connectivity index (χ1v) is 5.17. The molecule has 5 heteroatoms. The maximum atomic E-state index is 10.7. The molecule has 0 saturated heterocycles. The molecule has 0 radical (unpaired) electrons. The van der Waals surface area contributed by atoms with Crippen LogP contribution in [-0.4, -0.2) is 28.8 Å². The SMILES string of the molecule is CC(O)CNCc1ccsc1C(=O)O. The maximum Gasteiger partial charge on any atom is 0.346 e. The Bertz CT molecular complexity index is 309. The zero-order valence-corrected chi connectivity index (χ0v) is 8.67. The molecule has 0 bridgehead atoms. The van der Waals surface area contributed by atoms with Crippen molar-refractivity contribution in [3.8, 4) is 0 Å². The van der Waals surface area contributed by atoms with Crippen LogP contribution in [0.1, 0.15) is 22.2 Å². The van der Waals surface area contributed by atoms with Gasteiger partial charge in [-0.05, 0) is 23.9 Å². The van der Waals surface area contributed by atoms with Gasteiger partial charge in [0.15, 0.2) is 0 Å². The minimum absolute atomic E-state index is 0.364. The average Bonchev–Trinajstić information content (AvgIpc) is 2.51. The summed E-state index contributed by atoms with van der Waals surface area (Å²) in [6.45, 7) is 2.63. The van der Waals surface area contributed by atoms with Crippen molar-refractivity contribution in [2.45, 2.75) is 19.6 Å². The summed E-state index contributed by atoms with van der Waals surface area (Å²) in [6, 6.07) is 1.78. The third kappa shape index (κ3) is 3.10. The van der Waals surface area contributed by atoms with Gasteiger partial charge in [-0.15, -0.1) is 11.3 Å². The van der Waals surface area contributed by atoms with Gasteiger partial charge in [-0.3, -0.25) is 0 Å². The highest BCUT2D eigenvalue weighted by Gasteiger charge is 2.10. The van der Waals surface area contributed by atoms with E-state index in [2.05, 4.69) is 5.32 Å². The quantitative estimate of drug-likeness (QED) is 0.683. The first kappa shape index (κ1) is 11.2. The first-order valence-electron chi connectivity index (χ1n) is 4.29. The molecule has 0 aromatic carbocycles. The molecule has 14 heavy (non-hydrogen) atoms. The van der Waals surface area contributed by atoms with Gasteiger partial charge in [-0.1, -0.05) is 0 Å². The normalized spacial score (nSPS) is 12.7. The fraction of sp³-hybridized carbons (Fsp3) is 0.444. The first-order chi connectivity index (χ1) is 6.61. The Morgan fingerprint density at radius 2 is 2.43 bits per heavy atom. The van der Waals surface area contributed by atoms with Gasteiger partial charge in [-0.25, -0.2) is 4.79 Å². The van der Waals surface area contributed by atoms with E-state index < -0.39 is 12.1 Å². The van der Waals surface area contributed by atoms with Gasteiger partial charge in [0.1, 0.15) is 4.88 Å². The molecule has 4 nitrogen and oxygen atoms in total. The van der Waals surface area contributed by atoms with E-state index in [-0.39, 0.29) is 0 Å². The largest absolute Gasteiger partial charge is 0.477 e. The molecule has 1 aromatic heterocycles. The Morgan fingerprint density at radius 1 is 1.71 bits per heavy atom. The molecule has 0 saturated carbocycles. The molecule has 0 amide bonds. The van der Waals surface area contributed by atoms with Crippen LogP contribution in [-0.2, 0) is 6.54 Å². The number of carboxylic acids is 1. The van der Waals surface area contributed by atoms with Crippen LogP contribution in [0.25, 0.3) is 0 Å². The molecule has 1 atom stereocenters. The number of nitrogens with one attached hydrogen (secondary N) is 1. The van der Waals surface area contributed by atoms with Gasteiger partial charge in [0.2, 0.25) is 0 Å². The van der Waals surface area contributed by atoms with Crippen molar-refractivity contribution in [3.63, 3.8) is 0 Å². The summed E-state index contributed by atoms with van der Waals surface area (Å²) in [5.41, 5.74) is 0.767. The van der Waals surface area contributed by atoms with Crippen molar-refractivity contribution < 1.29 is 15.0 Å². The summed E-state index contributed by atoms with van der Waals surface area (Å²) in [6.07, 6.45) is -0.415. The van der Waals surface area contributed by atoms with E-state index in [1.807, 2.05) is 0 Å². The van der Waals surface area contributed by atoms with E-state index in [4.69, 9.17) is 10.2 Å². The van der Waals surface area contributed by atoms with E-state index in [1.165, 1.54) is 11.3 Å². The Kier molecular flexibility index (Phi) is 4.06. The second-order valence-electron chi connectivity index (χ2n) is 3.06. The number of hydrogen-bond donors (Lipinski definition) is 3. The molecule has 3 N–H and O–H groups in total. The van der Waals surface area contributed by atoms with E-state index in [0.29, 0.717) is 18.0 Å². The summed E-state index contributed by atoms with van der Waals surface area (Å²) in [5.74, 6) is -0.895. The number of hydrogen-bond acceptors (Lipinski definition) is 4. The number of carboxylic acid groups (broad SMARTS) is 1. The number of aliphatic hydroxyl groups excluding tert-OH is 1. The number of aromatic carboxylic acids is 1. The Balaban J connectivity index is 2.50. The van der Waals surface area contributed by atoms with Crippen LogP contribution in [0.4, 0.5) is 0 Å². The predicted molar refractivity (Wildman–Crippen MR) is 54.7 cm³/mol. The smallest absolute Gasteiger partial charge is 0.346 e. The Morgan fingerprint density at radius 3 is 3.00 bits per heavy atom. The molecule has 0 aliphatic carbocycles. The molecule has 1 rings (SSSR count). The van der Waals surface area contributed by atoms with Crippen molar-refractivity contribution >= 4 is 17.3 Å². The molecular weight excluding hydrogens is 202 g/mol. The standard InChI is InChI=1S/C9H13NO3S/c1-6(11)4-10-5-7-2-3-14-8(7)9(12)13/h2-3,6,10-11H,4-5H2,1H3,(H,12,13). The number of thiophene rings is 1. The second kappa shape index (κ2) is 5.09. The minimum Gasteiger partial charge on any atom is -0.477 e. The van der Waals surface area contributed by atoms with Gasteiger partial charge in [0.25, 0.3) is 0 Å². The van der Waals surface area contributed by atoms with Crippen LogP contribution in [0.5, 0.6) is 0 Å². The summed E-state index contributed by atoms with van der Waals surface area (Å²) in [4.78, 5) is 11.1. The van der Waals surface area contributed by atoms with Gasteiger partial charge in [0, 0.05) is 13.1 Å². The van der Waals surface area contributed by atoms with Crippen molar-refractivity contribution in [2.24, 2.45) is 0 Å². The lowest BCUT2D eigenvalue weighted by atomic mass is 10.2. The van der Waals surface area contributed by atoms with E-state index >= 15 is 0 Å². The van der Waals surface area contributed by atoms with Crippen LogP contribution >= 0.6 is 11.3 Å². The van der Waals surface area contributed by atoms with Crippen molar-refractivity contribution in [1.29, 1.82) is 0 Å². The zero-order valence-electron chi connectivity index (χ0n) is 7.86. The lowest BCUT2D eigenvalue weighted by Crippen LogP contribution is -2.24. The van der Waals surface area contributed by atoms with Crippen molar-refractivity contribution in [2.75, 3.05) is 6.54 Å². The minimum atomic E-state index is -0.895. The fourth-order valence-electron chi connectivity index (χ4n) is 1.08. The van der Waals surface area contributed by atoms with Crippen LogP contribution in [0, 0.1) is 0 Å². The molecule has 0 fully saturated rings.